The van der Waals surface area contributed by atoms with E-state index in [-0.39, 0.29) is 6.10 Å². The van der Waals surface area contributed by atoms with Crippen LogP contribution >= 0.6 is 0 Å². The van der Waals surface area contributed by atoms with E-state index >= 15 is 0 Å². The molecule has 1 saturated heterocycles. The van der Waals surface area contributed by atoms with Gasteiger partial charge in [-0.1, -0.05) is 30.3 Å². The number of piperazine rings is 1. The molecule has 4 nitrogen and oxygen atoms in total. The number of aromatic nitrogens is 1. The number of hydrogen-bond acceptors (Lipinski definition) is 4. The van der Waals surface area contributed by atoms with E-state index in [0.29, 0.717) is 0 Å². The second-order valence-corrected chi connectivity index (χ2v) is 6.85. The first-order valence-corrected chi connectivity index (χ1v) is 9.23. The Labute approximate surface area is 151 Å². The Morgan fingerprint density at radius 2 is 1.76 bits per heavy atom. The predicted molar refractivity (Wildman–Crippen MR) is 102 cm³/mol. The minimum atomic E-state index is 0.137. The second kappa shape index (κ2) is 8.56. The summed E-state index contributed by atoms with van der Waals surface area (Å²) in [6.45, 7) is 10.4. The molecule has 0 aliphatic carbocycles. The molecule has 2 aromatic rings. The van der Waals surface area contributed by atoms with E-state index in [2.05, 4.69) is 65.2 Å². The minimum Gasteiger partial charge on any atom is -0.374 e. The van der Waals surface area contributed by atoms with Gasteiger partial charge in [0.25, 0.3) is 0 Å². The van der Waals surface area contributed by atoms with Gasteiger partial charge in [0, 0.05) is 51.1 Å². The average molecular weight is 339 g/mol. The molecule has 1 aliphatic heterocycles. The largest absolute Gasteiger partial charge is 0.374 e. The standard InChI is InChI=1S/C21H29N3O/c1-4-25-17(2)19-6-8-20(9-7-19)21-10-5-18(15-22-21)16-24-13-11-23(3)12-14-24/h5-10,15,17H,4,11-14,16H2,1-3H3. The summed E-state index contributed by atoms with van der Waals surface area (Å²) in [5.74, 6) is 0. The van der Waals surface area contributed by atoms with Crippen LogP contribution in [0, 0.1) is 0 Å². The summed E-state index contributed by atoms with van der Waals surface area (Å²) in [6, 6.07) is 12.9. The number of rotatable bonds is 6. The van der Waals surface area contributed by atoms with Crippen molar-refractivity contribution in [1.29, 1.82) is 0 Å². The molecule has 0 spiro atoms. The maximum absolute atomic E-state index is 5.64. The molecule has 1 aromatic carbocycles. The van der Waals surface area contributed by atoms with Gasteiger partial charge < -0.3 is 9.64 Å². The summed E-state index contributed by atoms with van der Waals surface area (Å²) in [7, 11) is 2.19. The van der Waals surface area contributed by atoms with Crippen LogP contribution in [0.5, 0.6) is 0 Å². The SMILES string of the molecule is CCOC(C)c1ccc(-c2ccc(CN3CCN(C)CC3)cn2)cc1. The summed E-state index contributed by atoms with van der Waals surface area (Å²) < 4.78 is 5.64. The Bertz CT molecular complexity index is 646. The van der Waals surface area contributed by atoms with Crippen molar-refractivity contribution < 1.29 is 4.74 Å². The van der Waals surface area contributed by atoms with Gasteiger partial charge >= 0.3 is 0 Å². The summed E-state index contributed by atoms with van der Waals surface area (Å²) in [4.78, 5) is 9.56. The van der Waals surface area contributed by atoms with E-state index in [0.717, 1.165) is 50.6 Å². The van der Waals surface area contributed by atoms with Crippen molar-refractivity contribution in [3.63, 3.8) is 0 Å². The van der Waals surface area contributed by atoms with Gasteiger partial charge in [0.15, 0.2) is 0 Å². The molecule has 134 valence electrons. The first-order valence-electron chi connectivity index (χ1n) is 9.23. The van der Waals surface area contributed by atoms with Crippen molar-refractivity contribution in [2.75, 3.05) is 39.8 Å². The van der Waals surface area contributed by atoms with Gasteiger partial charge in [-0.15, -0.1) is 0 Å². The highest BCUT2D eigenvalue weighted by molar-refractivity contribution is 5.59. The molecule has 0 saturated carbocycles. The monoisotopic (exact) mass is 339 g/mol. The number of likely N-dealkylation sites (N-methyl/N-ethyl adjacent to an activating group) is 1. The average Bonchev–Trinajstić information content (AvgIpc) is 2.65. The fraction of sp³-hybridized carbons (Fsp3) is 0.476. The van der Waals surface area contributed by atoms with Gasteiger partial charge in [0.05, 0.1) is 11.8 Å². The molecule has 1 aliphatic rings. The highest BCUT2D eigenvalue weighted by Crippen LogP contribution is 2.22. The third-order valence-electron chi connectivity index (χ3n) is 4.92. The Balaban J connectivity index is 1.62. The summed E-state index contributed by atoms with van der Waals surface area (Å²) in [6.07, 6.45) is 2.16. The zero-order valence-electron chi connectivity index (χ0n) is 15.6. The fourth-order valence-electron chi connectivity index (χ4n) is 3.22. The van der Waals surface area contributed by atoms with Crippen LogP contribution in [0.2, 0.25) is 0 Å². The molecule has 2 heterocycles. The van der Waals surface area contributed by atoms with E-state index in [4.69, 9.17) is 4.74 Å². The first-order chi connectivity index (χ1) is 12.2. The molecule has 1 fully saturated rings. The van der Waals surface area contributed by atoms with Crippen LogP contribution in [0.25, 0.3) is 11.3 Å². The van der Waals surface area contributed by atoms with E-state index in [9.17, 15) is 0 Å². The minimum absolute atomic E-state index is 0.137. The lowest BCUT2D eigenvalue weighted by Crippen LogP contribution is -2.43. The second-order valence-electron chi connectivity index (χ2n) is 6.85. The lowest BCUT2D eigenvalue weighted by molar-refractivity contribution is 0.0764. The molecule has 1 unspecified atom stereocenters. The van der Waals surface area contributed by atoms with Gasteiger partial charge in [-0.05, 0) is 38.1 Å². The zero-order chi connectivity index (χ0) is 17.6. The van der Waals surface area contributed by atoms with Crippen molar-refractivity contribution in [3.05, 3.63) is 53.7 Å². The van der Waals surface area contributed by atoms with Gasteiger partial charge in [0.1, 0.15) is 0 Å². The maximum atomic E-state index is 5.64. The van der Waals surface area contributed by atoms with Gasteiger partial charge in [-0.3, -0.25) is 9.88 Å². The van der Waals surface area contributed by atoms with E-state index < -0.39 is 0 Å². The molecule has 0 amide bonds. The van der Waals surface area contributed by atoms with Gasteiger partial charge in [-0.2, -0.15) is 0 Å². The highest BCUT2D eigenvalue weighted by Gasteiger charge is 2.14. The normalized spacial score (nSPS) is 17.6. The molecule has 25 heavy (non-hydrogen) atoms. The van der Waals surface area contributed by atoms with E-state index in [1.54, 1.807) is 0 Å². The molecule has 0 radical (unpaired) electrons. The van der Waals surface area contributed by atoms with Crippen molar-refractivity contribution in [3.8, 4) is 11.3 Å². The summed E-state index contributed by atoms with van der Waals surface area (Å²) in [5.41, 5.74) is 4.67. The van der Waals surface area contributed by atoms with Crippen LogP contribution in [-0.4, -0.2) is 54.6 Å². The molecular weight excluding hydrogens is 310 g/mol. The molecule has 1 aromatic heterocycles. The number of benzene rings is 1. The van der Waals surface area contributed by atoms with Crippen LogP contribution in [0.15, 0.2) is 42.6 Å². The maximum Gasteiger partial charge on any atom is 0.0796 e. The lowest BCUT2D eigenvalue weighted by atomic mass is 10.1. The molecule has 1 atom stereocenters. The number of nitrogens with zero attached hydrogens (tertiary/aromatic N) is 3. The molecule has 3 rings (SSSR count). The molecular formula is C21H29N3O. The number of hydrogen-bond donors (Lipinski definition) is 0. The molecule has 4 heteroatoms. The van der Waals surface area contributed by atoms with Gasteiger partial charge in [0.2, 0.25) is 0 Å². The van der Waals surface area contributed by atoms with Crippen molar-refractivity contribution in [1.82, 2.24) is 14.8 Å². The Kier molecular flexibility index (Phi) is 6.19. The van der Waals surface area contributed by atoms with E-state index in [1.165, 1.54) is 11.1 Å². The van der Waals surface area contributed by atoms with Crippen molar-refractivity contribution in [2.45, 2.75) is 26.5 Å². The van der Waals surface area contributed by atoms with Crippen LogP contribution in [0.3, 0.4) is 0 Å². The third-order valence-corrected chi connectivity index (χ3v) is 4.92. The number of pyridine rings is 1. The van der Waals surface area contributed by atoms with Crippen molar-refractivity contribution in [2.24, 2.45) is 0 Å². The highest BCUT2D eigenvalue weighted by atomic mass is 16.5. The zero-order valence-corrected chi connectivity index (χ0v) is 15.6. The fourth-order valence-corrected chi connectivity index (χ4v) is 3.22. The Morgan fingerprint density at radius 3 is 2.36 bits per heavy atom. The summed E-state index contributed by atoms with van der Waals surface area (Å²) >= 11 is 0. The van der Waals surface area contributed by atoms with E-state index in [1.807, 2.05) is 13.1 Å². The van der Waals surface area contributed by atoms with Crippen LogP contribution in [0.4, 0.5) is 0 Å². The lowest BCUT2D eigenvalue weighted by Gasteiger charge is -2.32. The van der Waals surface area contributed by atoms with Crippen LogP contribution in [0.1, 0.15) is 31.1 Å². The Morgan fingerprint density at radius 1 is 1.04 bits per heavy atom. The third kappa shape index (κ3) is 4.88. The molecule has 0 N–H and O–H groups in total. The summed E-state index contributed by atoms with van der Waals surface area (Å²) in [5, 5.41) is 0. The predicted octanol–water partition coefficient (Wildman–Crippen LogP) is 3.59. The molecule has 0 bridgehead atoms. The first kappa shape index (κ1) is 18.1. The smallest absolute Gasteiger partial charge is 0.0796 e. The van der Waals surface area contributed by atoms with Gasteiger partial charge in [-0.25, -0.2) is 0 Å². The quantitative estimate of drug-likeness (QED) is 0.804. The number of ether oxygens (including phenoxy) is 1. The van der Waals surface area contributed by atoms with Crippen LogP contribution in [-0.2, 0) is 11.3 Å². The van der Waals surface area contributed by atoms with Crippen molar-refractivity contribution >= 4 is 0 Å². The topological polar surface area (TPSA) is 28.6 Å². The Hall–Kier alpha value is -1.75. The van der Waals surface area contributed by atoms with Crippen LogP contribution < -0.4 is 0 Å².